The van der Waals surface area contributed by atoms with Crippen molar-refractivity contribution in [2.75, 3.05) is 36.0 Å². The summed E-state index contributed by atoms with van der Waals surface area (Å²) in [5.74, 6) is 3.10. The number of aliphatic hydroxyl groups excluding tert-OH is 1. The van der Waals surface area contributed by atoms with E-state index in [1.807, 2.05) is 9.80 Å². The molecular weight excluding hydrogens is 432 g/mol. The van der Waals surface area contributed by atoms with Gasteiger partial charge in [0.2, 0.25) is 5.91 Å². The number of amides is 2. The maximum Gasteiger partial charge on any atom is 0.412 e. The predicted molar refractivity (Wildman–Crippen MR) is 122 cm³/mol. The van der Waals surface area contributed by atoms with E-state index in [1.165, 1.54) is 6.20 Å². The Morgan fingerprint density at radius 1 is 1.31 bits per heavy atom. The highest BCUT2D eigenvalue weighted by Crippen LogP contribution is 2.44. The van der Waals surface area contributed by atoms with Gasteiger partial charge in [-0.25, -0.2) is 9.78 Å². The fourth-order valence-corrected chi connectivity index (χ4v) is 5.70. The Morgan fingerprint density at radius 3 is 2.72 bits per heavy atom. The quantitative estimate of drug-likeness (QED) is 0.670. The average molecular weight is 461 g/mol. The van der Waals surface area contributed by atoms with Crippen LogP contribution in [0.5, 0.6) is 0 Å². The maximum absolute atomic E-state index is 13.5. The van der Waals surface area contributed by atoms with Crippen LogP contribution in [0, 0.1) is 17.8 Å². The van der Waals surface area contributed by atoms with Crippen molar-refractivity contribution in [2.45, 2.75) is 57.1 Å². The molecular formula is C23H29ClN4O4. The molecule has 1 aromatic heterocycles. The fraction of sp³-hybridized carbons (Fsp3) is 0.609. The van der Waals surface area contributed by atoms with Gasteiger partial charge in [0.1, 0.15) is 5.82 Å². The van der Waals surface area contributed by atoms with Gasteiger partial charge in [0.15, 0.2) is 0 Å². The molecule has 2 amide bonds. The number of terminal acetylenes is 1. The van der Waals surface area contributed by atoms with Crippen LogP contribution in [0.2, 0.25) is 5.02 Å². The number of piperidine rings is 1. The van der Waals surface area contributed by atoms with Crippen molar-refractivity contribution < 1.29 is 19.8 Å². The number of carboxylic acid groups (broad SMARTS) is 1. The molecule has 1 saturated carbocycles. The van der Waals surface area contributed by atoms with Crippen molar-refractivity contribution in [1.29, 1.82) is 0 Å². The molecule has 3 aliphatic rings. The van der Waals surface area contributed by atoms with Gasteiger partial charge in [0.05, 0.1) is 35.0 Å². The third-order valence-corrected chi connectivity index (χ3v) is 7.41. The van der Waals surface area contributed by atoms with Crippen molar-refractivity contribution in [3.05, 3.63) is 17.3 Å². The first-order valence-electron chi connectivity index (χ1n) is 11.2. The zero-order chi connectivity index (χ0) is 22.9. The molecule has 2 aliphatic heterocycles. The standard InChI is InChI=1S/C23H29ClN4O4/c1-2-10-28(22(31)32)17-13-19(24)20(25-14-17)26-11-3-8-23(15-26)9-12-27(21(23)30)16-4-6-18(29)7-5-16/h1,13-14,16,18,29H,3-12,15H2,(H,31,32)/t16-,18+,23-/m0/s1. The van der Waals surface area contributed by atoms with E-state index in [9.17, 15) is 19.8 Å². The zero-order valence-electron chi connectivity index (χ0n) is 18.0. The highest BCUT2D eigenvalue weighted by atomic mass is 35.5. The molecule has 0 aromatic carbocycles. The largest absolute Gasteiger partial charge is 0.465 e. The van der Waals surface area contributed by atoms with Gasteiger partial charge in [0, 0.05) is 25.7 Å². The van der Waals surface area contributed by atoms with Crippen molar-refractivity contribution >= 4 is 35.1 Å². The van der Waals surface area contributed by atoms with Crippen LogP contribution in [-0.2, 0) is 4.79 Å². The lowest BCUT2D eigenvalue weighted by atomic mass is 9.78. The number of hydrogen-bond acceptors (Lipinski definition) is 5. The molecule has 1 spiro atoms. The lowest BCUT2D eigenvalue weighted by Crippen LogP contribution is -2.50. The minimum absolute atomic E-state index is 0.0952. The summed E-state index contributed by atoms with van der Waals surface area (Å²) in [6, 6.07) is 1.78. The summed E-state index contributed by atoms with van der Waals surface area (Å²) in [4.78, 5) is 34.5. The van der Waals surface area contributed by atoms with E-state index in [-0.39, 0.29) is 24.6 Å². The number of pyridine rings is 1. The second-order valence-electron chi connectivity index (χ2n) is 9.09. The van der Waals surface area contributed by atoms with E-state index >= 15 is 0 Å². The summed E-state index contributed by atoms with van der Waals surface area (Å²) in [7, 11) is 0. The van der Waals surface area contributed by atoms with Crippen LogP contribution in [0.1, 0.15) is 44.9 Å². The molecule has 1 aliphatic carbocycles. The van der Waals surface area contributed by atoms with Gasteiger partial charge in [-0.1, -0.05) is 17.5 Å². The van der Waals surface area contributed by atoms with Crippen LogP contribution in [0.15, 0.2) is 12.3 Å². The van der Waals surface area contributed by atoms with E-state index in [0.717, 1.165) is 62.9 Å². The summed E-state index contributed by atoms with van der Waals surface area (Å²) < 4.78 is 0. The van der Waals surface area contributed by atoms with Crippen LogP contribution in [-0.4, -0.2) is 70.4 Å². The van der Waals surface area contributed by atoms with E-state index in [2.05, 4.69) is 10.9 Å². The minimum atomic E-state index is -1.17. The molecule has 3 fully saturated rings. The van der Waals surface area contributed by atoms with Gasteiger partial charge >= 0.3 is 6.09 Å². The molecule has 8 nitrogen and oxygen atoms in total. The van der Waals surface area contributed by atoms with Crippen LogP contribution in [0.4, 0.5) is 16.3 Å². The first-order valence-corrected chi connectivity index (χ1v) is 11.6. The Morgan fingerprint density at radius 2 is 2.06 bits per heavy atom. The molecule has 1 aromatic rings. The van der Waals surface area contributed by atoms with Gasteiger partial charge in [-0.15, -0.1) is 6.42 Å². The number of halogens is 1. The molecule has 0 bridgehead atoms. The molecule has 1 atom stereocenters. The third kappa shape index (κ3) is 4.24. The third-order valence-electron chi connectivity index (χ3n) is 7.13. The molecule has 2 N–H and O–H groups in total. The normalized spacial score (nSPS) is 28.1. The lowest BCUT2D eigenvalue weighted by molar-refractivity contribution is -0.139. The van der Waals surface area contributed by atoms with Gasteiger partial charge in [0.25, 0.3) is 0 Å². The van der Waals surface area contributed by atoms with Crippen molar-refractivity contribution in [2.24, 2.45) is 5.41 Å². The zero-order valence-corrected chi connectivity index (χ0v) is 18.8. The molecule has 172 valence electrons. The first kappa shape index (κ1) is 22.7. The summed E-state index contributed by atoms with van der Waals surface area (Å²) in [5.41, 5.74) is -0.118. The lowest BCUT2D eigenvalue weighted by Gasteiger charge is -2.41. The number of rotatable bonds is 4. The SMILES string of the molecule is C#CCN(C(=O)O)c1cnc(N2CCC[C@]3(CCN([C@H]4CC[C@@H](O)CC4)C3=O)C2)c(Cl)c1. The Kier molecular flexibility index (Phi) is 6.50. The van der Waals surface area contributed by atoms with E-state index in [0.29, 0.717) is 23.1 Å². The van der Waals surface area contributed by atoms with Crippen LogP contribution in [0.25, 0.3) is 0 Å². The summed E-state index contributed by atoms with van der Waals surface area (Å²) in [6.07, 6.45) is 11.1. The first-order chi connectivity index (χ1) is 15.3. The highest BCUT2D eigenvalue weighted by molar-refractivity contribution is 6.33. The number of anilines is 2. The summed E-state index contributed by atoms with van der Waals surface area (Å²) in [5, 5.41) is 19.5. The van der Waals surface area contributed by atoms with Crippen LogP contribution >= 0.6 is 11.6 Å². The van der Waals surface area contributed by atoms with Crippen LogP contribution in [0.3, 0.4) is 0 Å². The van der Waals surface area contributed by atoms with Crippen molar-refractivity contribution in [3.63, 3.8) is 0 Å². The van der Waals surface area contributed by atoms with Gasteiger partial charge in [-0.3, -0.25) is 9.69 Å². The summed E-state index contributed by atoms with van der Waals surface area (Å²) >= 11 is 6.51. The number of hydrogen-bond donors (Lipinski definition) is 2. The fourth-order valence-electron chi connectivity index (χ4n) is 5.42. The van der Waals surface area contributed by atoms with E-state index in [1.54, 1.807) is 6.07 Å². The second-order valence-corrected chi connectivity index (χ2v) is 9.50. The molecule has 3 heterocycles. The molecule has 9 heteroatoms. The monoisotopic (exact) mass is 460 g/mol. The minimum Gasteiger partial charge on any atom is -0.465 e. The van der Waals surface area contributed by atoms with E-state index in [4.69, 9.17) is 18.0 Å². The molecule has 2 saturated heterocycles. The Hall–Kier alpha value is -2.50. The number of aliphatic hydroxyl groups is 1. The molecule has 0 radical (unpaired) electrons. The maximum atomic E-state index is 13.5. The van der Waals surface area contributed by atoms with Gasteiger partial charge in [-0.05, 0) is 51.0 Å². The molecule has 4 rings (SSSR count). The van der Waals surface area contributed by atoms with Crippen LogP contribution < -0.4 is 9.80 Å². The number of carbonyl (C=O) groups is 2. The second kappa shape index (κ2) is 9.16. The average Bonchev–Trinajstić information content (AvgIpc) is 3.07. The Bertz CT molecular complexity index is 927. The molecule has 0 unspecified atom stereocenters. The number of aromatic nitrogens is 1. The number of nitrogens with zero attached hydrogens (tertiary/aromatic N) is 4. The highest BCUT2D eigenvalue weighted by Gasteiger charge is 2.51. The predicted octanol–water partition coefficient (Wildman–Crippen LogP) is 2.98. The number of carbonyl (C=O) groups excluding carboxylic acids is 1. The topological polar surface area (TPSA) is 97.2 Å². The Balaban J connectivity index is 1.50. The smallest absolute Gasteiger partial charge is 0.412 e. The Labute approximate surface area is 193 Å². The molecule has 32 heavy (non-hydrogen) atoms. The van der Waals surface area contributed by atoms with Crippen molar-refractivity contribution in [1.82, 2.24) is 9.88 Å². The summed E-state index contributed by atoms with van der Waals surface area (Å²) in [6.45, 7) is 1.95. The van der Waals surface area contributed by atoms with Gasteiger partial charge in [-0.2, -0.15) is 0 Å². The number of likely N-dealkylation sites (tertiary alicyclic amines) is 1. The van der Waals surface area contributed by atoms with E-state index < -0.39 is 11.5 Å². The van der Waals surface area contributed by atoms with Crippen molar-refractivity contribution in [3.8, 4) is 12.3 Å². The van der Waals surface area contributed by atoms with Gasteiger partial charge < -0.3 is 20.0 Å².